The highest BCUT2D eigenvalue weighted by atomic mass is 16.5. The van der Waals surface area contributed by atoms with Gasteiger partial charge in [0.05, 0.1) is 12.5 Å². The van der Waals surface area contributed by atoms with Crippen molar-refractivity contribution in [1.82, 2.24) is 4.90 Å². The minimum Gasteiger partial charge on any atom is -0.494 e. The fourth-order valence-electron chi connectivity index (χ4n) is 2.75. The Bertz CT molecular complexity index is 447. The highest BCUT2D eigenvalue weighted by Gasteiger charge is 2.25. The van der Waals surface area contributed by atoms with E-state index in [1.54, 1.807) is 0 Å². The minimum absolute atomic E-state index is 0.203. The van der Waals surface area contributed by atoms with Crippen LogP contribution in [0, 0.1) is 5.92 Å². The average Bonchev–Trinajstić information content (AvgIpc) is 2.47. The molecule has 0 bridgehead atoms. The molecule has 20 heavy (non-hydrogen) atoms. The van der Waals surface area contributed by atoms with Crippen LogP contribution in [0.3, 0.4) is 0 Å². The molecule has 1 saturated heterocycles. The number of likely N-dealkylation sites (tertiary alicyclic amines) is 1. The van der Waals surface area contributed by atoms with Crippen molar-refractivity contribution in [2.24, 2.45) is 5.92 Å². The van der Waals surface area contributed by atoms with Gasteiger partial charge in [0, 0.05) is 13.1 Å². The maximum Gasteiger partial charge on any atom is 0.307 e. The van der Waals surface area contributed by atoms with Crippen molar-refractivity contribution in [3.05, 3.63) is 29.8 Å². The zero-order chi connectivity index (χ0) is 14.4. The van der Waals surface area contributed by atoms with Gasteiger partial charge in [0.25, 0.3) is 0 Å². The molecule has 1 unspecified atom stereocenters. The smallest absolute Gasteiger partial charge is 0.307 e. The molecular weight excluding hydrogens is 254 g/mol. The molecule has 0 radical (unpaired) electrons. The molecule has 4 nitrogen and oxygen atoms in total. The van der Waals surface area contributed by atoms with Gasteiger partial charge in [-0.3, -0.25) is 4.79 Å². The van der Waals surface area contributed by atoms with Crippen molar-refractivity contribution in [3.63, 3.8) is 0 Å². The maximum atomic E-state index is 11.1. The average molecular weight is 277 g/mol. The summed E-state index contributed by atoms with van der Waals surface area (Å²) in [7, 11) is 0. The first-order valence-corrected chi connectivity index (χ1v) is 7.36. The quantitative estimate of drug-likeness (QED) is 0.867. The van der Waals surface area contributed by atoms with Crippen LogP contribution >= 0.6 is 0 Å². The Labute approximate surface area is 120 Å². The standard InChI is InChI=1S/C16H23NO3/c1-2-20-15-8-4-3-6-13(15)9-11-17-10-5-7-14(12-17)16(18)19/h3-4,6,8,14H,2,5,7,9-12H2,1H3,(H,18,19). The number of para-hydroxylation sites is 1. The topological polar surface area (TPSA) is 49.8 Å². The van der Waals surface area contributed by atoms with Gasteiger partial charge >= 0.3 is 5.97 Å². The third kappa shape index (κ3) is 3.97. The van der Waals surface area contributed by atoms with Crippen LogP contribution in [-0.2, 0) is 11.2 Å². The number of rotatable bonds is 6. The Hall–Kier alpha value is -1.55. The number of carboxylic acid groups (broad SMARTS) is 1. The molecule has 1 heterocycles. The summed E-state index contributed by atoms with van der Waals surface area (Å²) in [6, 6.07) is 8.09. The van der Waals surface area contributed by atoms with Crippen LogP contribution in [0.1, 0.15) is 25.3 Å². The van der Waals surface area contributed by atoms with E-state index >= 15 is 0 Å². The van der Waals surface area contributed by atoms with E-state index in [4.69, 9.17) is 9.84 Å². The van der Waals surface area contributed by atoms with Gasteiger partial charge in [-0.05, 0) is 44.4 Å². The van der Waals surface area contributed by atoms with Crippen molar-refractivity contribution in [2.45, 2.75) is 26.2 Å². The first kappa shape index (κ1) is 14.9. The Balaban J connectivity index is 1.90. The number of aliphatic carboxylic acids is 1. The predicted octanol–water partition coefficient (Wildman–Crippen LogP) is 2.42. The van der Waals surface area contributed by atoms with Crippen LogP contribution in [0.4, 0.5) is 0 Å². The van der Waals surface area contributed by atoms with Crippen molar-refractivity contribution in [3.8, 4) is 5.75 Å². The molecule has 0 saturated carbocycles. The second-order valence-electron chi connectivity index (χ2n) is 5.27. The van der Waals surface area contributed by atoms with Crippen molar-refractivity contribution in [1.29, 1.82) is 0 Å². The zero-order valence-electron chi connectivity index (χ0n) is 12.0. The predicted molar refractivity (Wildman–Crippen MR) is 78.1 cm³/mol. The van der Waals surface area contributed by atoms with E-state index in [1.165, 1.54) is 5.56 Å². The van der Waals surface area contributed by atoms with Gasteiger partial charge in [0.15, 0.2) is 0 Å². The van der Waals surface area contributed by atoms with Crippen LogP contribution in [-0.4, -0.2) is 42.2 Å². The van der Waals surface area contributed by atoms with Gasteiger partial charge in [0.2, 0.25) is 0 Å². The summed E-state index contributed by atoms with van der Waals surface area (Å²) in [5.74, 6) is 0.0806. The third-order valence-corrected chi connectivity index (χ3v) is 3.82. The molecule has 2 rings (SSSR count). The summed E-state index contributed by atoms with van der Waals surface area (Å²) < 4.78 is 5.62. The molecule has 0 amide bonds. The number of hydrogen-bond acceptors (Lipinski definition) is 3. The number of ether oxygens (including phenoxy) is 1. The van der Waals surface area contributed by atoms with Gasteiger partial charge in [0.1, 0.15) is 5.75 Å². The molecule has 0 aromatic heterocycles. The van der Waals surface area contributed by atoms with E-state index in [0.29, 0.717) is 13.2 Å². The van der Waals surface area contributed by atoms with Crippen LogP contribution < -0.4 is 4.74 Å². The lowest BCUT2D eigenvalue weighted by Crippen LogP contribution is -2.39. The fraction of sp³-hybridized carbons (Fsp3) is 0.562. The Morgan fingerprint density at radius 1 is 1.45 bits per heavy atom. The maximum absolute atomic E-state index is 11.1. The molecule has 110 valence electrons. The molecule has 0 aliphatic carbocycles. The number of carboxylic acids is 1. The molecule has 1 N–H and O–H groups in total. The molecule has 1 aromatic carbocycles. The SMILES string of the molecule is CCOc1ccccc1CCN1CCCC(C(=O)O)C1. The molecule has 1 fully saturated rings. The van der Waals surface area contributed by atoms with Crippen molar-refractivity contribution < 1.29 is 14.6 Å². The Morgan fingerprint density at radius 2 is 2.25 bits per heavy atom. The van der Waals surface area contributed by atoms with Crippen molar-refractivity contribution in [2.75, 3.05) is 26.2 Å². The first-order valence-electron chi connectivity index (χ1n) is 7.36. The van der Waals surface area contributed by atoms with E-state index in [1.807, 2.05) is 25.1 Å². The Kier molecular flexibility index (Phi) is 5.41. The lowest BCUT2D eigenvalue weighted by molar-refractivity contribution is -0.143. The first-order chi connectivity index (χ1) is 9.70. The fourth-order valence-corrected chi connectivity index (χ4v) is 2.75. The molecular formula is C16H23NO3. The number of hydrogen-bond donors (Lipinski definition) is 1. The highest BCUT2D eigenvalue weighted by molar-refractivity contribution is 5.70. The lowest BCUT2D eigenvalue weighted by Gasteiger charge is -2.30. The van der Waals surface area contributed by atoms with Gasteiger partial charge < -0.3 is 14.7 Å². The summed E-state index contributed by atoms with van der Waals surface area (Å²) in [6.45, 7) is 5.22. The molecule has 1 aliphatic rings. The summed E-state index contributed by atoms with van der Waals surface area (Å²) in [4.78, 5) is 13.3. The summed E-state index contributed by atoms with van der Waals surface area (Å²) >= 11 is 0. The van der Waals surface area contributed by atoms with Gasteiger partial charge in [-0.1, -0.05) is 18.2 Å². The monoisotopic (exact) mass is 277 g/mol. The van der Waals surface area contributed by atoms with E-state index in [9.17, 15) is 4.79 Å². The van der Waals surface area contributed by atoms with E-state index in [2.05, 4.69) is 11.0 Å². The number of benzene rings is 1. The van der Waals surface area contributed by atoms with Crippen LogP contribution in [0.25, 0.3) is 0 Å². The number of nitrogens with zero attached hydrogens (tertiary/aromatic N) is 1. The largest absolute Gasteiger partial charge is 0.494 e. The summed E-state index contributed by atoms with van der Waals surface area (Å²) in [6.07, 6.45) is 2.69. The lowest BCUT2D eigenvalue weighted by atomic mass is 9.98. The molecule has 4 heteroatoms. The second kappa shape index (κ2) is 7.29. The minimum atomic E-state index is -0.663. The van der Waals surface area contributed by atoms with Crippen LogP contribution in [0.2, 0.25) is 0 Å². The number of carbonyl (C=O) groups is 1. The molecule has 1 aromatic rings. The van der Waals surface area contributed by atoms with E-state index in [-0.39, 0.29) is 5.92 Å². The second-order valence-corrected chi connectivity index (χ2v) is 5.27. The Morgan fingerprint density at radius 3 is 3.00 bits per heavy atom. The zero-order valence-corrected chi connectivity index (χ0v) is 12.0. The van der Waals surface area contributed by atoms with Gasteiger partial charge in [-0.15, -0.1) is 0 Å². The third-order valence-electron chi connectivity index (χ3n) is 3.82. The molecule has 1 aliphatic heterocycles. The normalized spacial score (nSPS) is 19.8. The van der Waals surface area contributed by atoms with Gasteiger partial charge in [-0.25, -0.2) is 0 Å². The summed E-state index contributed by atoms with van der Waals surface area (Å²) in [5.41, 5.74) is 1.20. The van der Waals surface area contributed by atoms with E-state index < -0.39 is 5.97 Å². The molecule has 1 atom stereocenters. The number of piperidine rings is 1. The van der Waals surface area contributed by atoms with Gasteiger partial charge in [-0.2, -0.15) is 0 Å². The van der Waals surface area contributed by atoms with Crippen LogP contribution in [0.5, 0.6) is 5.75 Å². The highest BCUT2D eigenvalue weighted by Crippen LogP contribution is 2.21. The van der Waals surface area contributed by atoms with Crippen LogP contribution in [0.15, 0.2) is 24.3 Å². The summed E-state index contributed by atoms with van der Waals surface area (Å²) in [5, 5.41) is 9.11. The molecule has 0 spiro atoms. The van der Waals surface area contributed by atoms with Crippen molar-refractivity contribution >= 4 is 5.97 Å². The van der Waals surface area contributed by atoms with E-state index in [0.717, 1.165) is 38.1 Å².